The number of nitrogens with zero attached hydrogens (tertiary/aromatic N) is 1. The van der Waals surface area contributed by atoms with Crippen LogP contribution in [0.5, 0.6) is 0 Å². The number of amides is 1. The number of hydrogen-bond acceptors (Lipinski definition) is 3. The fraction of sp³-hybridized carbons (Fsp3) is 0.300. The second-order valence-corrected chi connectivity index (χ2v) is 6.60. The monoisotopic (exact) mass is 341 g/mol. The van der Waals surface area contributed by atoms with Crippen LogP contribution in [0.25, 0.3) is 0 Å². The molecular weight excluding hydrogens is 321 g/mol. The second-order valence-electron chi connectivity index (χ2n) is 6.60. The lowest BCUT2D eigenvalue weighted by Gasteiger charge is -2.38. The molecule has 3 rings (SSSR count). The molecule has 2 aromatic rings. The van der Waals surface area contributed by atoms with Crippen LogP contribution in [0.4, 0.5) is 4.39 Å². The first-order valence-electron chi connectivity index (χ1n) is 8.16. The van der Waals surface area contributed by atoms with Gasteiger partial charge in [0.2, 0.25) is 0 Å². The minimum absolute atomic E-state index is 0.277. The number of fused-ring (bicyclic) bond motifs is 1. The molecule has 0 saturated carbocycles. The molecule has 1 heterocycles. The van der Waals surface area contributed by atoms with Crippen molar-refractivity contribution in [2.45, 2.75) is 31.9 Å². The average molecular weight is 341 g/mol. The molecule has 0 aliphatic carbocycles. The summed E-state index contributed by atoms with van der Waals surface area (Å²) in [6.07, 6.45) is 0.328. The van der Waals surface area contributed by atoms with Crippen molar-refractivity contribution in [3.8, 4) is 0 Å². The Morgan fingerprint density at radius 1 is 1.20 bits per heavy atom. The maximum absolute atomic E-state index is 13.1. The number of likely N-dealkylation sites (N-methyl/N-ethyl adjacent to an activating group) is 1. The van der Waals surface area contributed by atoms with Crippen LogP contribution >= 0.6 is 0 Å². The molecule has 0 fully saturated rings. The Morgan fingerprint density at radius 3 is 2.52 bits per heavy atom. The van der Waals surface area contributed by atoms with Gasteiger partial charge in [0.15, 0.2) is 5.60 Å². The van der Waals surface area contributed by atoms with Gasteiger partial charge < -0.3 is 9.64 Å². The molecular formula is C20H20FNO3. The number of esters is 1. The summed E-state index contributed by atoms with van der Waals surface area (Å²) >= 11 is 0. The van der Waals surface area contributed by atoms with Crippen LogP contribution in [0.3, 0.4) is 0 Å². The standard InChI is InChI=1S/C20H20FNO3/c1-13(14-8-10-16(21)11-9-14)22(3)19(24)20(2)12-15-6-4-5-7-17(15)18(23)25-20/h4-11,13H,12H2,1-3H3. The zero-order valence-corrected chi connectivity index (χ0v) is 14.5. The average Bonchev–Trinajstić information content (AvgIpc) is 2.60. The van der Waals surface area contributed by atoms with Crippen molar-refractivity contribution < 1.29 is 18.7 Å². The summed E-state index contributed by atoms with van der Waals surface area (Å²) in [6, 6.07) is 12.9. The first kappa shape index (κ1) is 17.1. The van der Waals surface area contributed by atoms with Gasteiger partial charge in [-0.15, -0.1) is 0 Å². The van der Waals surface area contributed by atoms with Gasteiger partial charge in [-0.05, 0) is 43.2 Å². The smallest absolute Gasteiger partial charge is 0.339 e. The number of ether oxygens (including phenoxy) is 1. The van der Waals surface area contributed by atoms with Gasteiger partial charge in [-0.3, -0.25) is 4.79 Å². The Labute approximate surface area is 146 Å². The van der Waals surface area contributed by atoms with E-state index in [9.17, 15) is 14.0 Å². The largest absolute Gasteiger partial charge is 0.445 e. The van der Waals surface area contributed by atoms with Gasteiger partial charge in [-0.1, -0.05) is 30.3 Å². The zero-order chi connectivity index (χ0) is 18.2. The number of carbonyl (C=O) groups is 2. The summed E-state index contributed by atoms with van der Waals surface area (Å²) in [5.41, 5.74) is 0.858. The van der Waals surface area contributed by atoms with Crippen molar-refractivity contribution in [1.82, 2.24) is 4.90 Å². The van der Waals surface area contributed by atoms with E-state index < -0.39 is 11.6 Å². The quantitative estimate of drug-likeness (QED) is 0.803. The SMILES string of the molecule is CC(c1ccc(F)cc1)N(C)C(=O)C1(C)Cc2ccccc2C(=O)O1. The van der Waals surface area contributed by atoms with Crippen molar-refractivity contribution in [2.75, 3.05) is 7.05 Å². The van der Waals surface area contributed by atoms with Gasteiger partial charge in [-0.2, -0.15) is 0 Å². The molecule has 0 aromatic heterocycles. The van der Waals surface area contributed by atoms with Crippen molar-refractivity contribution >= 4 is 11.9 Å². The fourth-order valence-corrected chi connectivity index (χ4v) is 3.17. The van der Waals surface area contributed by atoms with Crippen LogP contribution in [0.15, 0.2) is 48.5 Å². The van der Waals surface area contributed by atoms with Crippen molar-refractivity contribution in [2.24, 2.45) is 0 Å². The molecule has 1 aliphatic rings. The molecule has 1 aliphatic heterocycles. The number of hydrogen-bond donors (Lipinski definition) is 0. The highest BCUT2D eigenvalue weighted by molar-refractivity contribution is 5.97. The van der Waals surface area contributed by atoms with Gasteiger partial charge >= 0.3 is 5.97 Å². The molecule has 25 heavy (non-hydrogen) atoms. The van der Waals surface area contributed by atoms with Gasteiger partial charge in [0.1, 0.15) is 5.82 Å². The van der Waals surface area contributed by atoms with Crippen LogP contribution in [0.2, 0.25) is 0 Å². The number of cyclic esters (lactones) is 1. The van der Waals surface area contributed by atoms with Crippen LogP contribution in [-0.2, 0) is 16.0 Å². The number of benzene rings is 2. The maximum Gasteiger partial charge on any atom is 0.339 e. The predicted octanol–water partition coefficient (Wildman–Crippen LogP) is 3.52. The Morgan fingerprint density at radius 2 is 1.84 bits per heavy atom. The maximum atomic E-state index is 13.1. The lowest BCUT2D eigenvalue weighted by Crippen LogP contribution is -2.52. The first-order valence-corrected chi connectivity index (χ1v) is 8.16. The van der Waals surface area contributed by atoms with Gasteiger partial charge in [0.05, 0.1) is 11.6 Å². The lowest BCUT2D eigenvalue weighted by atomic mass is 9.88. The molecule has 4 nitrogen and oxygen atoms in total. The molecule has 5 heteroatoms. The van der Waals surface area contributed by atoms with E-state index in [1.165, 1.54) is 17.0 Å². The van der Waals surface area contributed by atoms with E-state index in [-0.39, 0.29) is 17.8 Å². The molecule has 2 aromatic carbocycles. The molecule has 0 bridgehead atoms. The number of carbonyl (C=O) groups excluding carboxylic acids is 2. The molecule has 2 atom stereocenters. The van der Waals surface area contributed by atoms with E-state index in [0.717, 1.165) is 11.1 Å². The summed E-state index contributed by atoms with van der Waals surface area (Å²) < 4.78 is 18.6. The lowest BCUT2D eigenvalue weighted by molar-refractivity contribution is -0.151. The summed E-state index contributed by atoms with van der Waals surface area (Å²) in [6.45, 7) is 3.49. The number of rotatable bonds is 3. The first-order chi connectivity index (χ1) is 11.8. The van der Waals surface area contributed by atoms with Gasteiger partial charge in [0, 0.05) is 13.5 Å². The second kappa shape index (κ2) is 6.31. The van der Waals surface area contributed by atoms with Crippen LogP contribution in [-0.4, -0.2) is 29.4 Å². The minimum atomic E-state index is -1.26. The van der Waals surface area contributed by atoms with Crippen molar-refractivity contribution in [3.63, 3.8) is 0 Å². The van der Waals surface area contributed by atoms with E-state index in [4.69, 9.17) is 4.74 Å². The summed E-state index contributed by atoms with van der Waals surface area (Å²) in [5.74, 6) is -1.09. The van der Waals surface area contributed by atoms with E-state index in [1.807, 2.05) is 19.1 Å². The third kappa shape index (κ3) is 3.14. The number of halogens is 1. The fourth-order valence-electron chi connectivity index (χ4n) is 3.17. The third-order valence-corrected chi connectivity index (χ3v) is 4.79. The van der Waals surface area contributed by atoms with Crippen molar-refractivity contribution in [3.05, 3.63) is 71.0 Å². The highest BCUT2D eigenvalue weighted by Gasteiger charge is 2.44. The molecule has 2 unspecified atom stereocenters. The Kier molecular flexibility index (Phi) is 4.33. The highest BCUT2D eigenvalue weighted by Crippen LogP contribution is 2.31. The molecule has 0 spiro atoms. The van der Waals surface area contributed by atoms with E-state index in [1.54, 1.807) is 38.2 Å². The molecule has 1 amide bonds. The summed E-state index contributed by atoms with van der Waals surface area (Å²) in [4.78, 5) is 26.8. The zero-order valence-electron chi connectivity index (χ0n) is 14.5. The van der Waals surface area contributed by atoms with E-state index in [2.05, 4.69) is 0 Å². The Bertz CT molecular complexity index is 818. The third-order valence-electron chi connectivity index (χ3n) is 4.79. The Hall–Kier alpha value is -2.69. The van der Waals surface area contributed by atoms with Crippen molar-refractivity contribution in [1.29, 1.82) is 0 Å². The van der Waals surface area contributed by atoms with Gasteiger partial charge in [0.25, 0.3) is 5.91 Å². The normalized spacial score (nSPS) is 20.4. The summed E-state index contributed by atoms with van der Waals surface area (Å²) in [5, 5.41) is 0. The molecule has 0 saturated heterocycles. The molecule has 0 N–H and O–H groups in total. The van der Waals surface area contributed by atoms with Gasteiger partial charge in [-0.25, -0.2) is 9.18 Å². The van der Waals surface area contributed by atoms with Crippen LogP contribution < -0.4 is 0 Å². The topological polar surface area (TPSA) is 46.6 Å². The Balaban J connectivity index is 1.84. The van der Waals surface area contributed by atoms with Crippen LogP contribution in [0, 0.1) is 5.82 Å². The molecule has 130 valence electrons. The van der Waals surface area contributed by atoms with Crippen LogP contribution in [0.1, 0.15) is 41.4 Å². The van der Waals surface area contributed by atoms with E-state index >= 15 is 0 Å². The minimum Gasteiger partial charge on any atom is -0.445 e. The highest BCUT2D eigenvalue weighted by atomic mass is 19.1. The molecule has 0 radical (unpaired) electrons. The summed E-state index contributed by atoms with van der Waals surface area (Å²) in [7, 11) is 1.66. The predicted molar refractivity (Wildman–Crippen MR) is 91.6 cm³/mol. The van der Waals surface area contributed by atoms with E-state index in [0.29, 0.717) is 12.0 Å².